The van der Waals surface area contributed by atoms with E-state index in [-0.39, 0.29) is 10.5 Å². The fraction of sp³-hybridized carbons (Fsp3) is 0.389. The van der Waals surface area contributed by atoms with Crippen molar-refractivity contribution in [2.24, 2.45) is 0 Å². The highest BCUT2D eigenvalue weighted by Crippen LogP contribution is 2.37. The van der Waals surface area contributed by atoms with Gasteiger partial charge in [0.25, 0.3) is 0 Å². The number of sulfonamides is 1. The number of pyridine rings is 1. The normalized spacial score (nSPS) is 15.7. The van der Waals surface area contributed by atoms with E-state index in [4.69, 9.17) is 4.74 Å². The van der Waals surface area contributed by atoms with Gasteiger partial charge in [0.05, 0.1) is 0 Å². The van der Waals surface area contributed by atoms with E-state index in [1.165, 1.54) is 30.2 Å². The van der Waals surface area contributed by atoms with E-state index >= 15 is 0 Å². The molecule has 0 radical (unpaired) electrons. The molecule has 0 atom stereocenters. The summed E-state index contributed by atoms with van der Waals surface area (Å²) in [6.45, 7) is 4.72. The van der Waals surface area contributed by atoms with Crippen molar-refractivity contribution in [1.82, 2.24) is 9.29 Å². The molecule has 2 heterocycles. The molecule has 0 unspecified atom stereocenters. The molecule has 0 spiro atoms. The molecule has 3 rings (SSSR count). The van der Waals surface area contributed by atoms with Crippen LogP contribution in [0.25, 0.3) is 0 Å². The van der Waals surface area contributed by atoms with Crippen molar-refractivity contribution in [3.8, 4) is 5.75 Å². The standard InChI is InChI=1S/C18H23N3O3S/c1-18(2)10-13-6-5-7-14(17(13)24-18)11-19-16-9-8-15(12-20-16)25(22,23)21(3)4/h5-9,12H,10-11H2,1-4H3,(H,19,20). The van der Waals surface area contributed by atoms with Gasteiger partial charge in [0.2, 0.25) is 10.0 Å². The van der Waals surface area contributed by atoms with Gasteiger partial charge in [-0.05, 0) is 31.5 Å². The number of rotatable bonds is 5. The van der Waals surface area contributed by atoms with Crippen LogP contribution in [0, 0.1) is 0 Å². The molecule has 0 saturated heterocycles. The summed E-state index contributed by atoms with van der Waals surface area (Å²) >= 11 is 0. The first-order chi connectivity index (χ1) is 11.7. The lowest BCUT2D eigenvalue weighted by atomic mass is 10.0. The highest BCUT2D eigenvalue weighted by Gasteiger charge is 2.31. The lowest BCUT2D eigenvalue weighted by molar-refractivity contribution is 0.137. The Morgan fingerprint density at radius 1 is 1.24 bits per heavy atom. The molecular formula is C18H23N3O3S. The molecule has 1 N–H and O–H groups in total. The van der Waals surface area contributed by atoms with Crippen molar-refractivity contribution in [3.63, 3.8) is 0 Å². The minimum atomic E-state index is -3.46. The largest absolute Gasteiger partial charge is 0.487 e. The zero-order valence-corrected chi connectivity index (χ0v) is 15.7. The van der Waals surface area contributed by atoms with E-state index in [1.54, 1.807) is 12.1 Å². The fourth-order valence-corrected chi connectivity index (χ4v) is 3.70. The summed E-state index contributed by atoms with van der Waals surface area (Å²) in [5.41, 5.74) is 2.10. The smallest absolute Gasteiger partial charge is 0.244 e. The molecule has 1 aliphatic rings. The Morgan fingerprint density at radius 2 is 2.00 bits per heavy atom. The maximum Gasteiger partial charge on any atom is 0.244 e. The van der Waals surface area contributed by atoms with E-state index in [9.17, 15) is 8.42 Å². The van der Waals surface area contributed by atoms with E-state index in [2.05, 4.69) is 30.2 Å². The van der Waals surface area contributed by atoms with Gasteiger partial charge in [0, 0.05) is 38.8 Å². The van der Waals surface area contributed by atoms with Crippen molar-refractivity contribution in [2.45, 2.75) is 37.3 Å². The number of nitrogens with one attached hydrogen (secondary N) is 1. The van der Waals surface area contributed by atoms with Crippen LogP contribution in [0.5, 0.6) is 5.75 Å². The van der Waals surface area contributed by atoms with Crippen LogP contribution in [0.2, 0.25) is 0 Å². The van der Waals surface area contributed by atoms with Gasteiger partial charge in [-0.1, -0.05) is 18.2 Å². The van der Waals surface area contributed by atoms with Crippen LogP contribution < -0.4 is 10.1 Å². The molecule has 2 aromatic rings. The van der Waals surface area contributed by atoms with Gasteiger partial charge < -0.3 is 10.1 Å². The molecule has 7 heteroatoms. The molecule has 0 amide bonds. The zero-order valence-electron chi connectivity index (χ0n) is 14.9. The average Bonchev–Trinajstić information content (AvgIpc) is 2.87. The van der Waals surface area contributed by atoms with Crippen molar-refractivity contribution < 1.29 is 13.2 Å². The van der Waals surface area contributed by atoms with Gasteiger partial charge in [-0.25, -0.2) is 17.7 Å². The van der Waals surface area contributed by atoms with Crippen LogP contribution in [0.3, 0.4) is 0 Å². The summed E-state index contributed by atoms with van der Waals surface area (Å²) in [5, 5.41) is 3.23. The van der Waals surface area contributed by atoms with Crippen LogP contribution in [-0.4, -0.2) is 37.4 Å². The fourth-order valence-electron chi connectivity index (χ4n) is 2.85. The Morgan fingerprint density at radius 3 is 2.64 bits per heavy atom. The third kappa shape index (κ3) is 3.62. The number of benzene rings is 1. The third-order valence-corrected chi connectivity index (χ3v) is 5.95. The molecule has 1 aromatic heterocycles. The molecule has 0 bridgehead atoms. The van der Waals surface area contributed by atoms with Crippen molar-refractivity contribution in [1.29, 1.82) is 0 Å². The van der Waals surface area contributed by atoms with Crippen LogP contribution >= 0.6 is 0 Å². The van der Waals surface area contributed by atoms with E-state index in [0.717, 1.165) is 17.7 Å². The van der Waals surface area contributed by atoms with Gasteiger partial charge in [-0.3, -0.25) is 0 Å². The Hall–Kier alpha value is -2.12. The summed E-state index contributed by atoms with van der Waals surface area (Å²) in [6.07, 6.45) is 2.26. The average molecular weight is 361 g/mol. The maximum atomic E-state index is 12.1. The summed E-state index contributed by atoms with van der Waals surface area (Å²) < 4.78 is 31.3. The Balaban J connectivity index is 1.73. The molecule has 25 heavy (non-hydrogen) atoms. The van der Waals surface area contributed by atoms with Crippen LogP contribution in [0.4, 0.5) is 5.82 Å². The van der Waals surface area contributed by atoms with Gasteiger partial charge >= 0.3 is 0 Å². The van der Waals surface area contributed by atoms with Crippen LogP contribution in [-0.2, 0) is 23.0 Å². The first-order valence-corrected chi connectivity index (χ1v) is 9.55. The highest BCUT2D eigenvalue weighted by molar-refractivity contribution is 7.89. The maximum absolute atomic E-state index is 12.1. The number of aromatic nitrogens is 1. The minimum Gasteiger partial charge on any atom is -0.487 e. The number of hydrogen-bond acceptors (Lipinski definition) is 5. The van der Waals surface area contributed by atoms with Crippen molar-refractivity contribution in [3.05, 3.63) is 47.7 Å². The first kappa shape index (κ1) is 17.7. The predicted octanol–water partition coefficient (Wildman–Crippen LogP) is 2.66. The quantitative estimate of drug-likeness (QED) is 0.886. The lowest BCUT2D eigenvalue weighted by Gasteiger charge is -2.18. The Bertz CT molecular complexity index is 875. The molecule has 0 saturated carbocycles. The monoisotopic (exact) mass is 361 g/mol. The van der Waals surface area contributed by atoms with Crippen molar-refractivity contribution >= 4 is 15.8 Å². The molecule has 1 aliphatic heterocycles. The molecule has 0 fully saturated rings. The van der Waals surface area contributed by atoms with E-state index in [1.807, 2.05) is 12.1 Å². The summed E-state index contributed by atoms with van der Waals surface area (Å²) in [6, 6.07) is 9.37. The Kier molecular flexibility index (Phi) is 4.47. The first-order valence-electron chi connectivity index (χ1n) is 8.11. The molecule has 134 valence electrons. The Labute approximate surface area is 148 Å². The molecule has 0 aliphatic carbocycles. The number of ether oxygens (including phenoxy) is 1. The third-order valence-electron chi connectivity index (χ3n) is 4.15. The summed E-state index contributed by atoms with van der Waals surface area (Å²) in [5.74, 6) is 1.55. The number of anilines is 1. The second-order valence-corrected chi connectivity index (χ2v) is 9.12. The topological polar surface area (TPSA) is 71.5 Å². The number of fused-ring (bicyclic) bond motifs is 1. The van der Waals surface area contributed by atoms with Crippen molar-refractivity contribution in [2.75, 3.05) is 19.4 Å². The second kappa shape index (κ2) is 6.31. The van der Waals surface area contributed by atoms with Gasteiger partial charge in [0.1, 0.15) is 22.1 Å². The van der Waals surface area contributed by atoms with Gasteiger partial charge in [0.15, 0.2) is 0 Å². The molecule has 1 aromatic carbocycles. The SMILES string of the molecule is CN(C)S(=O)(=O)c1ccc(NCc2cccc3c2OC(C)(C)C3)nc1. The zero-order chi connectivity index (χ0) is 18.2. The lowest BCUT2D eigenvalue weighted by Crippen LogP contribution is -2.25. The summed E-state index contributed by atoms with van der Waals surface area (Å²) in [4.78, 5) is 4.38. The van der Waals surface area contributed by atoms with Crippen LogP contribution in [0.15, 0.2) is 41.4 Å². The number of nitrogens with zero attached hydrogens (tertiary/aromatic N) is 2. The summed E-state index contributed by atoms with van der Waals surface area (Å²) in [7, 11) is -0.461. The highest BCUT2D eigenvalue weighted by atomic mass is 32.2. The minimum absolute atomic E-state index is 0.175. The van der Waals surface area contributed by atoms with Crippen LogP contribution in [0.1, 0.15) is 25.0 Å². The van der Waals surface area contributed by atoms with E-state index < -0.39 is 10.0 Å². The molecule has 6 nitrogen and oxygen atoms in total. The second-order valence-electron chi connectivity index (χ2n) is 6.96. The van der Waals surface area contributed by atoms with Gasteiger partial charge in [-0.2, -0.15) is 0 Å². The predicted molar refractivity (Wildman–Crippen MR) is 97.3 cm³/mol. The number of para-hydroxylation sites is 1. The van der Waals surface area contributed by atoms with E-state index in [0.29, 0.717) is 12.4 Å². The molecular weight excluding hydrogens is 338 g/mol. The number of hydrogen-bond donors (Lipinski definition) is 1. The van der Waals surface area contributed by atoms with Gasteiger partial charge in [-0.15, -0.1) is 0 Å².